The lowest BCUT2D eigenvalue weighted by atomic mass is 9.79. The van der Waals surface area contributed by atoms with Gasteiger partial charge in [0.05, 0.1) is 24.5 Å². The summed E-state index contributed by atoms with van der Waals surface area (Å²) >= 11 is 0. The van der Waals surface area contributed by atoms with Gasteiger partial charge >= 0.3 is 5.97 Å². The van der Waals surface area contributed by atoms with Crippen LogP contribution < -0.4 is 15.4 Å². The van der Waals surface area contributed by atoms with Crippen LogP contribution in [-0.2, 0) is 27.3 Å². The third-order valence-corrected chi connectivity index (χ3v) is 7.54. The third kappa shape index (κ3) is 4.87. The van der Waals surface area contributed by atoms with Crippen molar-refractivity contribution in [2.24, 2.45) is 11.8 Å². The molecule has 3 unspecified atom stereocenters. The number of carbonyl (C=O) groups is 4. The van der Waals surface area contributed by atoms with E-state index < -0.39 is 35.8 Å². The van der Waals surface area contributed by atoms with E-state index in [1.165, 1.54) is 7.11 Å². The number of ketones is 1. The Bertz CT molecular complexity index is 1170. The van der Waals surface area contributed by atoms with Gasteiger partial charge in [-0.25, -0.2) is 0 Å². The van der Waals surface area contributed by atoms with Gasteiger partial charge in [0.2, 0.25) is 5.91 Å². The second-order valence-electron chi connectivity index (χ2n) is 9.75. The first-order valence-corrected chi connectivity index (χ1v) is 12.4. The Hall–Kier alpha value is -3.62. The molecule has 1 aliphatic heterocycles. The van der Waals surface area contributed by atoms with Crippen LogP contribution in [0.3, 0.4) is 0 Å². The zero-order chi connectivity index (χ0) is 26.0. The average Bonchev–Trinajstić information content (AvgIpc) is 3.20. The number of ether oxygens (including phenoxy) is 1. The summed E-state index contributed by atoms with van der Waals surface area (Å²) in [6.07, 6.45) is 3.66. The lowest BCUT2D eigenvalue weighted by Gasteiger charge is -2.34. The van der Waals surface area contributed by atoms with E-state index in [9.17, 15) is 24.3 Å². The summed E-state index contributed by atoms with van der Waals surface area (Å²) in [4.78, 5) is 51.6. The largest absolute Gasteiger partial charge is 0.496 e. The van der Waals surface area contributed by atoms with Gasteiger partial charge in [-0.2, -0.15) is 0 Å². The highest BCUT2D eigenvalue weighted by atomic mass is 16.5. The summed E-state index contributed by atoms with van der Waals surface area (Å²) in [7, 11) is 1.48. The van der Waals surface area contributed by atoms with Gasteiger partial charge in [-0.1, -0.05) is 32.4 Å². The molecule has 0 spiro atoms. The standard InChI is InChI=1S/C27H33N3O6/c1-4-15(2)23(29-25(32)18-7-5-6-8-21(18)36-3)26(33)28-19-10-9-16-11-12-30-14-17(27(34)35)13-20(31)22(19)24(16)30/h5-8,11-12,15,17,19,22-23H,4,9-10,13-14H2,1-3H3,(H,28,33)(H,29,32)(H,34,35)/t15?,17-,19-,22?,23?/m0/s1. The van der Waals surface area contributed by atoms with Gasteiger partial charge in [0.15, 0.2) is 0 Å². The number of rotatable bonds is 8. The van der Waals surface area contributed by atoms with Crippen molar-refractivity contribution in [2.45, 2.75) is 64.1 Å². The van der Waals surface area contributed by atoms with Crippen molar-refractivity contribution in [1.82, 2.24) is 15.2 Å². The van der Waals surface area contributed by atoms with Crippen LogP contribution in [0.5, 0.6) is 5.75 Å². The lowest BCUT2D eigenvalue weighted by Crippen LogP contribution is -2.55. The van der Waals surface area contributed by atoms with E-state index in [1.54, 1.807) is 24.3 Å². The van der Waals surface area contributed by atoms with Crippen molar-refractivity contribution in [3.05, 3.63) is 53.3 Å². The number of aryl methyl sites for hydroxylation is 1. The zero-order valence-corrected chi connectivity index (χ0v) is 20.8. The molecule has 192 valence electrons. The lowest BCUT2D eigenvalue weighted by molar-refractivity contribution is -0.144. The number of hydrogen-bond acceptors (Lipinski definition) is 5. The Morgan fingerprint density at radius 2 is 1.97 bits per heavy atom. The molecule has 0 saturated heterocycles. The van der Waals surface area contributed by atoms with Crippen molar-refractivity contribution in [1.29, 1.82) is 0 Å². The van der Waals surface area contributed by atoms with Crippen LogP contribution in [0.2, 0.25) is 0 Å². The van der Waals surface area contributed by atoms with Crippen molar-refractivity contribution < 1.29 is 29.0 Å². The van der Waals surface area contributed by atoms with Crippen molar-refractivity contribution >= 4 is 23.6 Å². The zero-order valence-electron chi connectivity index (χ0n) is 20.8. The Labute approximate surface area is 210 Å². The SMILES string of the molecule is CCC(C)C(NC(=O)c1ccccc1OC)C(=O)N[C@H]1CCc2ccn3c2C1C(=O)C[C@H](C(=O)O)C3. The Balaban J connectivity index is 1.57. The number of carboxylic acid groups (broad SMARTS) is 1. The van der Waals surface area contributed by atoms with E-state index in [2.05, 4.69) is 10.6 Å². The molecule has 0 bridgehead atoms. The Morgan fingerprint density at radius 1 is 1.22 bits per heavy atom. The van der Waals surface area contributed by atoms with E-state index in [4.69, 9.17) is 4.74 Å². The molecule has 1 aromatic heterocycles. The summed E-state index contributed by atoms with van der Waals surface area (Å²) < 4.78 is 7.15. The van der Waals surface area contributed by atoms with E-state index in [0.29, 0.717) is 30.6 Å². The minimum atomic E-state index is -0.999. The molecule has 1 aliphatic carbocycles. The summed E-state index contributed by atoms with van der Waals surface area (Å²) in [5, 5.41) is 15.5. The fourth-order valence-corrected chi connectivity index (χ4v) is 5.34. The van der Waals surface area contributed by atoms with E-state index in [-0.39, 0.29) is 30.6 Å². The topological polar surface area (TPSA) is 127 Å². The van der Waals surface area contributed by atoms with Gasteiger partial charge in [0.25, 0.3) is 5.91 Å². The minimum Gasteiger partial charge on any atom is -0.496 e. The number of nitrogens with zero attached hydrogens (tertiary/aromatic N) is 1. The minimum absolute atomic E-state index is 0.0766. The van der Waals surface area contributed by atoms with Gasteiger partial charge < -0.3 is 25.0 Å². The molecule has 2 amide bonds. The Kier molecular flexibility index (Phi) is 7.47. The highest BCUT2D eigenvalue weighted by Gasteiger charge is 2.43. The molecular weight excluding hydrogens is 462 g/mol. The van der Waals surface area contributed by atoms with Crippen LogP contribution in [0.4, 0.5) is 0 Å². The van der Waals surface area contributed by atoms with Crippen LogP contribution in [-0.4, -0.2) is 52.4 Å². The first-order valence-electron chi connectivity index (χ1n) is 12.4. The fourth-order valence-electron chi connectivity index (χ4n) is 5.34. The second-order valence-corrected chi connectivity index (χ2v) is 9.75. The molecule has 1 aromatic carbocycles. The number of carbonyl (C=O) groups excluding carboxylic acids is 3. The highest BCUT2D eigenvalue weighted by molar-refractivity contribution is 6.00. The molecule has 0 radical (unpaired) electrons. The molecule has 9 heteroatoms. The van der Waals surface area contributed by atoms with Crippen LogP contribution in [0.15, 0.2) is 36.5 Å². The number of Topliss-reactive ketones (excluding diaryl/α,β-unsaturated/α-hetero) is 1. The molecule has 9 nitrogen and oxygen atoms in total. The summed E-state index contributed by atoms with van der Waals surface area (Å²) in [5.74, 6) is -3.11. The Morgan fingerprint density at radius 3 is 2.67 bits per heavy atom. The number of aromatic nitrogens is 1. The summed E-state index contributed by atoms with van der Waals surface area (Å²) in [5.41, 5.74) is 2.16. The number of methoxy groups -OCH3 is 1. The number of para-hydroxylation sites is 1. The maximum Gasteiger partial charge on any atom is 0.308 e. The van der Waals surface area contributed by atoms with Crippen molar-refractivity contribution in [3.8, 4) is 5.75 Å². The predicted molar refractivity (Wildman–Crippen MR) is 132 cm³/mol. The molecular formula is C27H33N3O6. The van der Waals surface area contributed by atoms with Crippen molar-refractivity contribution in [3.63, 3.8) is 0 Å². The predicted octanol–water partition coefficient (Wildman–Crippen LogP) is 2.53. The fraction of sp³-hybridized carbons (Fsp3) is 0.481. The van der Waals surface area contributed by atoms with E-state index in [1.807, 2.05) is 30.7 Å². The smallest absolute Gasteiger partial charge is 0.308 e. The molecule has 3 N–H and O–H groups in total. The quantitative estimate of drug-likeness (QED) is 0.517. The maximum atomic E-state index is 13.5. The molecule has 5 atom stereocenters. The molecule has 2 aromatic rings. The summed E-state index contributed by atoms with van der Waals surface area (Å²) in [6, 6.07) is 7.46. The van der Waals surface area contributed by atoms with Crippen LogP contribution in [0.25, 0.3) is 0 Å². The van der Waals surface area contributed by atoms with Crippen LogP contribution in [0, 0.1) is 11.8 Å². The average molecular weight is 496 g/mol. The van der Waals surface area contributed by atoms with Crippen LogP contribution in [0.1, 0.15) is 60.6 Å². The van der Waals surface area contributed by atoms with Gasteiger partial charge in [0.1, 0.15) is 17.6 Å². The molecule has 2 heterocycles. The number of nitrogens with one attached hydrogen (secondary N) is 2. The molecule has 4 rings (SSSR count). The first-order chi connectivity index (χ1) is 17.2. The van der Waals surface area contributed by atoms with Gasteiger partial charge in [-0.3, -0.25) is 19.2 Å². The number of carboxylic acids is 1. The van der Waals surface area contributed by atoms with Gasteiger partial charge in [-0.15, -0.1) is 0 Å². The van der Waals surface area contributed by atoms with E-state index >= 15 is 0 Å². The third-order valence-electron chi connectivity index (χ3n) is 7.54. The van der Waals surface area contributed by atoms with Crippen molar-refractivity contribution in [2.75, 3.05) is 7.11 Å². The highest BCUT2D eigenvalue weighted by Crippen LogP contribution is 2.38. The molecule has 0 fully saturated rings. The second kappa shape index (κ2) is 10.6. The first kappa shape index (κ1) is 25.5. The van der Waals surface area contributed by atoms with Crippen LogP contribution >= 0.6 is 0 Å². The number of hydrogen-bond donors (Lipinski definition) is 3. The number of benzene rings is 1. The van der Waals surface area contributed by atoms with Gasteiger partial charge in [0, 0.05) is 30.9 Å². The molecule has 2 aliphatic rings. The van der Waals surface area contributed by atoms with Gasteiger partial charge in [-0.05, 0) is 42.5 Å². The molecule has 0 saturated carbocycles. The number of aliphatic carboxylic acids is 1. The maximum absolute atomic E-state index is 13.5. The van der Waals surface area contributed by atoms with E-state index in [0.717, 1.165) is 11.3 Å². The molecule has 36 heavy (non-hydrogen) atoms. The normalized spacial score (nSPS) is 22.5. The number of amides is 2. The monoisotopic (exact) mass is 495 g/mol. The summed E-state index contributed by atoms with van der Waals surface area (Å²) in [6.45, 7) is 4.07.